The molecule has 0 amide bonds. The first-order chi connectivity index (χ1) is 10.8. The molecule has 3 heteroatoms. The fourth-order valence-electron chi connectivity index (χ4n) is 3.04. The second kappa shape index (κ2) is 5.19. The van der Waals surface area contributed by atoms with Crippen molar-refractivity contribution in [1.82, 2.24) is 9.97 Å². The van der Waals surface area contributed by atoms with Gasteiger partial charge in [-0.25, -0.2) is 0 Å². The average molecular weight is 288 g/mol. The summed E-state index contributed by atoms with van der Waals surface area (Å²) in [6, 6.07) is 16.0. The smallest absolute Gasteiger partial charge is 0.141 e. The Morgan fingerprint density at radius 3 is 2.64 bits per heavy atom. The number of rotatable bonds is 3. The quantitative estimate of drug-likeness (QED) is 0.593. The molecule has 22 heavy (non-hydrogen) atoms. The van der Waals surface area contributed by atoms with Crippen LogP contribution in [-0.4, -0.2) is 15.1 Å². The third-order valence-corrected chi connectivity index (χ3v) is 4.18. The van der Waals surface area contributed by atoms with Crippen LogP contribution in [0, 0.1) is 0 Å². The van der Waals surface area contributed by atoms with E-state index in [-0.39, 0.29) is 5.75 Å². The largest absolute Gasteiger partial charge is 0.506 e. The van der Waals surface area contributed by atoms with Crippen molar-refractivity contribution in [3.8, 4) is 5.75 Å². The number of pyridine rings is 1. The minimum absolute atomic E-state index is 0.242. The summed E-state index contributed by atoms with van der Waals surface area (Å²) in [5, 5.41) is 12.2. The van der Waals surface area contributed by atoms with Crippen molar-refractivity contribution < 1.29 is 5.11 Å². The van der Waals surface area contributed by atoms with Crippen LogP contribution in [0.25, 0.3) is 21.8 Å². The number of aromatic amines is 1. The van der Waals surface area contributed by atoms with Gasteiger partial charge in [-0.1, -0.05) is 30.3 Å². The second-order valence-corrected chi connectivity index (χ2v) is 5.50. The van der Waals surface area contributed by atoms with Crippen LogP contribution in [0.4, 0.5) is 0 Å². The SMILES string of the molecule is Oc1ccc(CCc2c[nH]c3ccccc23)c2cccnc12. The number of nitrogens with zero attached hydrogens (tertiary/aromatic N) is 1. The number of phenols is 1. The lowest BCUT2D eigenvalue weighted by molar-refractivity contribution is 0.480. The molecule has 4 rings (SSSR count). The predicted molar refractivity (Wildman–Crippen MR) is 89.1 cm³/mol. The van der Waals surface area contributed by atoms with E-state index in [4.69, 9.17) is 0 Å². The van der Waals surface area contributed by atoms with Gasteiger partial charge in [0.15, 0.2) is 0 Å². The van der Waals surface area contributed by atoms with Gasteiger partial charge >= 0.3 is 0 Å². The molecular formula is C19H16N2O. The number of fused-ring (bicyclic) bond motifs is 2. The maximum atomic E-state index is 9.92. The molecule has 0 saturated heterocycles. The first kappa shape index (κ1) is 12.9. The zero-order valence-electron chi connectivity index (χ0n) is 12.1. The molecule has 0 aliphatic heterocycles. The first-order valence-electron chi connectivity index (χ1n) is 7.43. The van der Waals surface area contributed by atoms with E-state index in [0.717, 1.165) is 18.2 Å². The maximum Gasteiger partial charge on any atom is 0.141 e. The fraction of sp³-hybridized carbons (Fsp3) is 0.105. The Labute approximate surface area is 128 Å². The molecule has 0 fully saturated rings. The minimum Gasteiger partial charge on any atom is -0.506 e. The molecule has 0 aliphatic carbocycles. The molecule has 0 spiro atoms. The van der Waals surface area contributed by atoms with Crippen LogP contribution in [0.5, 0.6) is 5.75 Å². The Morgan fingerprint density at radius 1 is 0.864 bits per heavy atom. The van der Waals surface area contributed by atoms with E-state index >= 15 is 0 Å². The predicted octanol–water partition coefficient (Wildman–Crippen LogP) is 4.21. The normalized spacial score (nSPS) is 11.3. The van der Waals surface area contributed by atoms with Crippen molar-refractivity contribution in [3.05, 3.63) is 72.1 Å². The van der Waals surface area contributed by atoms with E-state index in [2.05, 4.69) is 34.4 Å². The zero-order chi connectivity index (χ0) is 14.9. The molecule has 0 aliphatic rings. The third-order valence-electron chi connectivity index (χ3n) is 4.18. The van der Waals surface area contributed by atoms with Gasteiger partial charge in [-0.2, -0.15) is 0 Å². The average Bonchev–Trinajstić information content (AvgIpc) is 2.98. The van der Waals surface area contributed by atoms with Crippen LogP contribution in [-0.2, 0) is 12.8 Å². The van der Waals surface area contributed by atoms with Gasteiger partial charge in [-0.15, -0.1) is 0 Å². The van der Waals surface area contributed by atoms with Crippen molar-refractivity contribution in [3.63, 3.8) is 0 Å². The Hall–Kier alpha value is -2.81. The molecule has 2 N–H and O–H groups in total. The minimum atomic E-state index is 0.242. The van der Waals surface area contributed by atoms with Gasteiger partial charge in [-0.05, 0) is 42.2 Å². The number of aromatic nitrogens is 2. The first-order valence-corrected chi connectivity index (χ1v) is 7.43. The monoisotopic (exact) mass is 288 g/mol. The van der Waals surface area contributed by atoms with E-state index in [1.807, 2.05) is 24.3 Å². The third kappa shape index (κ3) is 2.11. The summed E-state index contributed by atoms with van der Waals surface area (Å²) >= 11 is 0. The highest BCUT2D eigenvalue weighted by Gasteiger charge is 2.08. The van der Waals surface area contributed by atoms with Crippen LogP contribution >= 0.6 is 0 Å². The number of para-hydroxylation sites is 1. The van der Waals surface area contributed by atoms with Gasteiger partial charge in [0.25, 0.3) is 0 Å². The topological polar surface area (TPSA) is 48.9 Å². The Morgan fingerprint density at radius 2 is 1.68 bits per heavy atom. The zero-order valence-corrected chi connectivity index (χ0v) is 12.1. The van der Waals surface area contributed by atoms with Gasteiger partial charge in [0.05, 0.1) is 0 Å². The van der Waals surface area contributed by atoms with Crippen molar-refractivity contribution in [1.29, 1.82) is 0 Å². The van der Waals surface area contributed by atoms with Crippen LogP contribution in [0.2, 0.25) is 0 Å². The number of hydrogen-bond acceptors (Lipinski definition) is 2. The Balaban J connectivity index is 1.69. The molecule has 3 nitrogen and oxygen atoms in total. The summed E-state index contributed by atoms with van der Waals surface area (Å²) in [7, 11) is 0. The molecule has 0 bridgehead atoms. The number of aromatic hydroxyl groups is 1. The number of nitrogens with one attached hydrogen (secondary N) is 1. The summed E-state index contributed by atoms with van der Waals surface area (Å²) in [6.07, 6.45) is 5.68. The molecule has 0 unspecified atom stereocenters. The summed E-state index contributed by atoms with van der Waals surface area (Å²) in [5.41, 5.74) is 4.39. The molecule has 0 radical (unpaired) electrons. The van der Waals surface area contributed by atoms with E-state index in [1.54, 1.807) is 12.3 Å². The number of aryl methyl sites for hydroxylation is 2. The molecule has 2 heterocycles. The summed E-state index contributed by atoms with van der Waals surface area (Å²) in [6.45, 7) is 0. The van der Waals surface area contributed by atoms with Crippen molar-refractivity contribution >= 4 is 21.8 Å². The van der Waals surface area contributed by atoms with Crippen LogP contribution in [0.3, 0.4) is 0 Å². The van der Waals surface area contributed by atoms with Gasteiger partial charge in [0.1, 0.15) is 11.3 Å². The molecule has 4 aromatic rings. The van der Waals surface area contributed by atoms with E-state index in [9.17, 15) is 5.11 Å². The van der Waals surface area contributed by atoms with E-state index in [1.165, 1.54) is 22.0 Å². The van der Waals surface area contributed by atoms with Gasteiger partial charge in [-0.3, -0.25) is 4.98 Å². The lowest BCUT2D eigenvalue weighted by Crippen LogP contribution is -1.93. The molecular weight excluding hydrogens is 272 g/mol. The molecule has 2 aromatic heterocycles. The van der Waals surface area contributed by atoms with Crippen LogP contribution in [0.1, 0.15) is 11.1 Å². The van der Waals surface area contributed by atoms with Crippen molar-refractivity contribution in [2.45, 2.75) is 12.8 Å². The summed E-state index contributed by atoms with van der Waals surface area (Å²) in [5.74, 6) is 0.242. The maximum absolute atomic E-state index is 9.92. The molecule has 0 saturated carbocycles. The van der Waals surface area contributed by atoms with E-state index < -0.39 is 0 Å². The summed E-state index contributed by atoms with van der Waals surface area (Å²) in [4.78, 5) is 7.60. The molecule has 108 valence electrons. The van der Waals surface area contributed by atoms with Crippen LogP contribution < -0.4 is 0 Å². The van der Waals surface area contributed by atoms with Gasteiger partial charge in [0.2, 0.25) is 0 Å². The molecule has 2 aromatic carbocycles. The summed E-state index contributed by atoms with van der Waals surface area (Å²) < 4.78 is 0. The Kier molecular flexibility index (Phi) is 3.04. The fourth-order valence-corrected chi connectivity index (χ4v) is 3.04. The van der Waals surface area contributed by atoms with Gasteiger partial charge in [0, 0.05) is 28.7 Å². The number of H-pyrrole nitrogens is 1. The Bertz CT molecular complexity index is 956. The molecule has 0 atom stereocenters. The number of phenolic OH excluding ortho intramolecular Hbond substituents is 1. The standard InChI is InChI=1S/C19H16N2O/c22-18-10-9-13(16-5-3-11-20-19(16)18)7-8-14-12-21-17-6-2-1-4-15(14)17/h1-6,9-12,21-22H,7-8H2. The highest BCUT2D eigenvalue weighted by atomic mass is 16.3. The van der Waals surface area contributed by atoms with Crippen molar-refractivity contribution in [2.24, 2.45) is 0 Å². The van der Waals surface area contributed by atoms with Crippen LogP contribution in [0.15, 0.2) is 60.9 Å². The highest BCUT2D eigenvalue weighted by Crippen LogP contribution is 2.27. The van der Waals surface area contributed by atoms with Gasteiger partial charge < -0.3 is 10.1 Å². The lowest BCUT2D eigenvalue weighted by Gasteiger charge is -2.07. The second-order valence-electron chi connectivity index (χ2n) is 5.50. The van der Waals surface area contributed by atoms with E-state index in [0.29, 0.717) is 5.52 Å². The number of benzene rings is 2. The highest BCUT2D eigenvalue weighted by molar-refractivity contribution is 5.87. The lowest BCUT2D eigenvalue weighted by atomic mass is 10.00. The van der Waals surface area contributed by atoms with Crippen molar-refractivity contribution in [2.75, 3.05) is 0 Å². The number of hydrogen-bond donors (Lipinski definition) is 2.